The van der Waals surface area contributed by atoms with E-state index < -0.39 is 9.84 Å². The second-order valence-corrected chi connectivity index (χ2v) is 9.78. The molecule has 0 N–H and O–H groups in total. The summed E-state index contributed by atoms with van der Waals surface area (Å²) >= 11 is 7.58. The van der Waals surface area contributed by atoms with E-state index in [1.807, 2.05) is 12.1 Å². The zero-order valence-electron chi connectivity index (χ0n) is 15.2. The number of hydrogen-bond acceptors (Lipinski definition) is 6. The van der Waals surface area contributed by atoms with E-state index in [2.05, 4.69) is 4.98 Å². The molecular weight excluding hydrogens is 432 g/mol. The predicted octanol–water partition coefficient (Wildman–Crippen LogP) is 4.79. The molecule has 0 saturated heterocycles. The molecule has 1 amide bonds. The number of fused-ring (bicyclic) bond motifs is 1. The van der Waals surface area contributed by atoms with Gasteiger partial charge >= 0.3 is 0 Å². The summed E-state index contributed by atoms with van der Waals surface area (Å²) in [6.07, 6.45) is 2.66. The van der Waals surface area contributed by atoms with Crippen LogP contribution >= 0.6 is 22.9 Å². The molecule has 0 saturated carbocycles. The molecule has 0 atom stereocenters. The van der Waals surface area contributed by atoms with Gasteiger partial charge in [0.15, 0.2) is 15.0 Å². The Bertz CT molecular complexity index is 1280. The molecule has 0 spiro atoms. The monoisotopic (exact) mass is 446 g/mol. The smallest absolute Gasteiger partial charge is 0.260 e. The van der Waals surface area contributed by atoms with Gasteiger partial charge in [-0.3, -0.25) is 9.69 Å². The van der Waals surface area contributed by atoms with Gasteiger partial charge < -0.3 is 4.42 Å². The van der Waals surface area contributed by atoms with Gasteiger partial charge in [-0.15, -0.1) is 0 Å². The Balaban J connectivity index is 1.75. The van der Waals surface area contributed by atoms with Gasteiger partial charge in [0, 0.05) is 11.8 Å². The molecule has 29 heavy (non-hydrogen) atoms. The largest absolute Gasteiger partial charge is 0.467 e. The molecular formula is C20H15ClN2O4S2. The van der Waals surface area contributed by atoms with Gasteiger partial charge in [0.05, 0.1) is 27.4 Å². The third-order valence-corrected chi connectivity index (χ3v) is 6.74. The minimum atomic E-state index is -3.35. The molecule has 2 aromatic carbocycles. The Morgan fingerprint density at radius 3 is 2.52 bits per heavy atom. The second kappa shape index (κ2) is 7.62. The van der Waals surface area contributed by atoms with E-state index in [9.17, 15) is 13.2 Å². The summed E-state index contributed by atoms with van der Waals surface area (Å²) in [5.74, 6) is 0.271. The van der Waals surface area contributed by atoms with Crippen molar-refractivity contribution in [2.24, 2.45) is 0 Å². The molecule has 0 radical (unpaired) electrons. The van der Waals surface area contributed by atoms with Gasteiger partial charge in [-0.25, -0.2) is 13.4 Å². The first kappa shape index (κ1) is 19.6. The zero-order chi connectivity index (χ0) is 20.6. The number of hydrogen-bond donors (Lipinski definition) is 0. The topological polar surface area (TPSA) is 80.5 Å². The van der Waals surface area contributed by atoms with Gasteiger partial charge in [-0.05, 0) is 48.5 Å². The predicted molar refractivity (Wildman–Crippen MR) is 113 cm³/mol. The fourth-order valence-corrected chi connectivity index (χ4v) is 4.70. The number of nitrogens with zero attached hydrogens (tertiary/aromatic N) is 2. The fraction of sp³-hybridized carbons (Fsp3) is 0.100. The molecule has 148 valence electrons. The van der Waals surface area contributed by atoms with Gasteiger partial charge in [0.1, 0.15) is 11.3 Å². The van der Waals surface area contributed by atoms with Crippen molar-refractivity contribution >= 4 is 54.0 Å². The van der Waals surface area contributed by atoms with Crippen molar-refractivity contribution in [2.45, 2.75) is 11.4 Å². The molecule has 0 bridgehead atoms. The highest BCUT2D eigenvalue weighted by atomic mass is 35.5. The molecule has 2 heterocycles. The minimum absolute atomic E-state index is 0.151. The van der Waals surface area contributed by atoms with Crippen LogP contribution in [0.2, 0.25) is 5.02 Å². The molecule has 0 aliphatic rings. The van der Waals surface area contributed by atoms with Gasteiger partial charge in [-0.1, -0.05) is 29.0 Å². The fourth-order valence-electron chi connectivity index (χ4n) is 2.80. The van der Waals surface area contributed by atoms with Crippen LogP contribution < -0.4 is 4.90 Å². The van der Waals surface area contributed by atoms with Crippen LogP contribution in [0.3, 0.4) is 0 Å². The van der Waals surface area contributed by atoms with E-state index in [0.717, 1.165) is 11.0 Å². The summed E-state index contributed by atoms with van der Waals surface area (Å²) in [5, 5.41) is 0.981. The highest BCUT2D eigenvalue weighted by molar-refractivity contribution is 7.90. The Morgan fingerprint density at radius 2 is 1.90 bits per heavy atom. The molecule has 6 nitrogen and oxygen atoms in total. The molecule has 0 fully saturated rings. The van der Waals surface area contributed by atoms with Crippen molar-refractivity contribution in [3.8, 4) is 0 Å². The zero-order valence-corrected chi connectivity index (χ0v) is 17.6. The van der Waals surface area contributed by atoms with Crippen molar-refractivity contribution in [2.75, 3.05) is 11.2 Å². The lowest BCUT2D eigenvalue weighted by Crippen LogP contribution is -2.30. The number of halogens is 1. The van der Waals surface area contributed by atoms with Crippen LogP contribution in [-0.2, 0) is 16.4 Å². The van der Waals surface area contributed by atoms with Crippen molar-refractivity contribution in [1.82, 2.24) is 4.98 Å². The van der Waals surface area contributed by atoms with Crippen LogP contribution in [0, 0.1) is 0 Å². The number of amides is 1. The summed E-state index contributed by atoms with van der Waals surface area (Å²) in [4.78, 5) is 19.5. The van der Waals surface area contributed by atoms with Gasteiger partial charge in [-0.2, -0.15) is 0 Å². The lowest BCUT2D eigenvalue weighted by Gasteiger charge is -2.19. The summed E-state index contributed by atoms with van der Waals surface area (Å²) in [5.41, 5.74) is 0.966. The number of anilines is 1. The molecule has 2 aromatic heterocycles. The third kappa shape index (κ3) is 4.05. The summed E-state index contributed by atoms with van der Waals surface area (Å²) in [6.45, 7) is 0.178. The van der Waals surface area contributed by atoms with E-state index in [1.165, 1.54) is 46.8 Å². The number of para-hydroxylation sites is 1. The molecule has 0 aliphatic carbocycles. The van der Waals surface area contributed by atoms with E-state index in [-0.39, 0.29) is 17.3 Å². The number of carbonyl (C=O) groups excluding carboxylic acids is 1. The maximum absolute atomic E-state index is 13.3. The highest BCUT2D eigenvalue weighted by Gasteiger charge is 2.23. The number of aromatic nitrogens is 1. The van der Waals surface area contributed by atoms with Gasteiger partial charge in [0.2, 0.25) is 0 Å². The second-order valence-electron chi connectivity index (χ2n) is 6.35. The quantitative estimate of drug-likeness (QED) is 0.440. The highest BCUT2D eigenvalue weighted by Crippen LogP contribution is 2.34. The third-order valence-electron chi connectivity index (χ3n) is 4.26. The average Bonchev–Trinajstić information content (AvgIpc) is 3.35. The Morgan fingerprint density at radius 1 is 1.14 bits per heavy atom. The molecule has 4 rings (SSSR count). The van der Waals surface area contributed by atoms with Crippen molar-refractivity contribution in [1.29, 1.82) is 0 Å². The van der Waals surface area contributed by atoms with E-state index in [1.54, 1.807) is 18.2 Å². The molecule has 0 unspecified atom stereocenters. The standard InChI is InChI=1S/C20H15ClN2O4S2/c1-29(25,26)15-9-7-13(8-10-15)19(24)23(12-14-4-3-11-27-14)20-22-18-16(21)5-2-6-17(18)28-20/h2-11H,12H2,1H3. The first-order valence-electron chi connectivity index (χ1n) is 8.52. The number of furan rings is 1. The lowest BCUT2D eigenvalue weighted by molar-refractivity contribution is 0.0983. The van der Waals surface area contributed by atoms with Crippen LogP contribution in [0.5, 0.6) is 0 Å². The Labute approximate surface area is 176 Å². The Hall–Kier alpha value is -2.68. The number of rotatable bonds is 5. The van der Waals surface area contributed by atoms with Crippen molar-refractivity contribution in [3.05, 3.63) is 77.2 Å². The van der Waals surface area contributed by atoms with Crippen molar-refractivity contribution in [3.63, 3.8) is 0 Å². The minimum Gasteiger partial charge on any atom is -0.467 e. The average molecular weight is 447 g/mol. The van der Waals surface area contributed by atoms with Crippen LogP contribution in [0.1, 0.15) is 16.1 Å². The van der Waals surface area contributed by atoms with Crippen LogP contribution in [0.4, 0.5) is 5.13 Å². The number of carbonyl (C=O) groups is 1. The molecule has 9 heteroatoms. The maximum atomic E-state index is 13.3. The van der Waals surface area contributed by atoms with Crippen LogP contribution in [-0.4, -0.2) is 25.6 Å². The summed E-state index contributed by atoms with van der Waals surface area (Å²) in [6, 6.07) is 14.8. The van der Waals surface area contributed by atoms with Crippen LogP contribution in [0.15, 0.2) is 70.2 Å². The van der Waals surface area contributed by atoms with E-state index >= 15 is 0 Å². The summed E-state index contributed by atoms with van der Waals surface area (Å²) < 4.78 is 29.6. The number of sulfone groups is 1. The van der Waals surface area contributed by atoms with Crippen LogP contribution in [0.25, 0.3) is 10.2 Å². The van der Waals surface area contributed by atoms with E-state index in [0.29, 0.717) is 27.0 Å². The first-order valence-corrected chi connectivity index (χ1v) is 11.6. The van der Waals surface area contributed by atoms with Gasteiger partial charge in [0.25, 0.3) is 5.91 Å². The van der Waals surface area contributed by atoms with Crippen molar-refractivity contribution < 1.29 is 17.6 Å². The SMILES string of the molecule is CS(=O)(=O)c1ccc(C(=O)N(Cc2ccco2)c2nc3c(Cl)cccc3s2)cc1. The first-order chi connectivity index (χ1) is 13.8. The number of benzene rings is 2. The lowest BCUT2D eigenvalue weighted by atomic mass is 10.2. The Kier molecular flexibility index (Phi) is 5.16. The molecule has 0 aliphatic heterocycles. The maximum Gasteiger partial charge on any atom is 0.260 e. The molecule has 4 aromatic rings. The summed E-state index contributed by atoms with van der Waals surface area (Å²) in [7, 11) is -3.35. The van der Waals surface area contributed by atoms with E-state index in [4.69, 9.17) is 16.0 Å². The normalized spacial score (nSPS) is 11.7. The number of thiazole rings is 1.